The first-order valence-electron chi connectivity index (χ1n) is 5.51. The van der Waals surface area contributed by atoms with Crippen molar-refractivity contribution in [1.29, 1.82) is 0 Å². The third kappa shape index (κ3) is 3.45. The van der Waals surface area contributed by atoms with Crippen molar-refractivity contribution < 1.29 is 9.90 Å². The van der Waals surface area contributed by atoms with Crippen LogP contribution in [0.25, 0.3) is 0 Å². The number of hydrogen-bond acceptors (Lipinski definition) is 2. The number of aryl methyl sites for hydroxylation is 1. The number of halogens is 1. The molecule has 0 aliphatic heterocycles. The van der Waals surface area contributed by atoms with E-state index in [0.717, 1.165) is 5.56 Å². The highest BCUT2D eigenvalue weighted by molar-refractivity contribution is 6.30. The van der Waals surface area contributed by atoms with Crippen molar-refractivity contribution >= 4 is 17.5 Å². The fraction of sp³-hybridized carbons (Fsp3) is 0.462. The quantitative estimate of drug-likeness (QED) is 0.872. The summed E-state index contributed by atoms with van der Waals surface area (Å²) in [7, 11) is 0. The van der Waals surface area contributed by atoms with Gasteiger partial charge >= 0.3 is 0 Å². The molecule has 1 rings (SSSR count). The molecule has 4 heteroatoms. The summed E-state index contributed by atoms with van der Waals surface area (Å²) >= 11 is 5.83. The summed E-state index contributed by atoms with van der Waals surface area (Å²) < 4.78 is 0. The number of benzene rings is 1. The van der Waals surface area contributed by atoms with Gasteiger partial charge in [0.25, 0.3) is 5.91 Å². The fourth-order valence-corrected chi connectivity index (χ4v) is 1.57. The molecule has 3 nitrogen and oxygen atoms in total. The van der Waals surface area contributed by atoms with Crippen molar-refractivity contribution in [3.05, 3.63) is 34.3 Å². The maximum atomic E-state index is 12.0. The summed E-state index contributed by atoms with van der Waals surface area (Å²) in [5.74, 6) is -0.204. The minimum absolute atomic E-state index is 0.204. The van der Waals surface area contributed by atoms with Crippen molar-refractivity contribution in [2.75, 3.05) is 0 Å². The van der Waals surface area contributed by atoms with Crippen LogP contribution in [-0.2, 0) is 0 Å². The van der Waals surface area contributed by atoms with E-state index in [2.05, 4.69) is 5.32 Å². The lowest BCUT2D eigenvalue weighted by molar-refractivity contribution is 0.0709. The molecule has 0 aromatic heterocycles. The molecule has 0 fully saturated rings. The molecule has 0 saturated carbocycles. The molecule has 0 aliphatic carbocycles. The number of aliphatic hydroxyl groups excluding tert-OH is 1. The second-order valence-electron chi connectivity index (χ2n) is 4.81. The Morgan fingerprint density at radius 2 is 2.06 bits per heavy atom. The molecule has 0 radical (unpaired) electrons. The molecule has 1 unspecified atom stereocenters. The molecule has 94 valence electrons. The number of rotatable bonds is 3. The molecule has 0 spiro atoms. The summed E-state index contributed by atoms with van der Waals surface area (Å²) in [5.41, 5.74) is 0.725. The van der Waals surface area contributed by atoms with E-state index in [-0.39, 0.29) is 5.91 Å². The summed E-state index contributed by atoms with van der Waals surface area (Å²) in [6.07, 6.45) is -0.626. The predicted octanol–water partition coefficient (Wildman–Crippen LogP) is 2.54. The van der Waals surface area contributed by atoms with Crippen molar-refractivity contribution in [1.82, 2.24) is 5.32 Å². The van der Waals surface area contributed by atoms with Gasteiger partial charge in [0.05, 0.1) is 11.6 Å². The zero-order valence-corrected chi connectivity index (χ0v) is 11.3. The van der Waals surface area contributed by atoms with Gasteiger partial charge < -0.3 is 10.4 Å². The van der Waals surface area contributed by atoms with Gasteiger partial charge in [0.1, 0.15) is 0 Å². The molecule has 1 aromatic carbocycles. The normalized spacial score (nSPS) is 13.3. The van der Waals surface area contributed by atoms with Crippen LogP contribution in [-0.4, -0.2) is 22.7 Å². The molecular formula is C13H18ClNO2. The Morgan fingerprint density at radius 3 is 2.53 bits per heavy atom. The van der Waals surface area contributed by atoms with Crippen molar-refractivity contribution in [3.8, 4) is 0 Å². The number of carbonyl (C=O) groups is 1. The van der Waals surface area contributed by atoms with Gasteiger partial charge in [-0.05, 0) is 51.5 Å². The molecule has 1 atom stereocenters. The number of carbonyl (C=O) groups excluding carboxylic acids is 1. The van der Waals surface area contributed by atoms with Gasteiger partial charge in [0.2, 0.25) is 0 Å². The smallest absolute Gasteiger partial charge is 0.252 e. The summed E-state index contributed by atoms with van der Waals surface area (Å²) in [5, 5.41) is 13.0. The second kappa shape index (κ2) is 5.07. The Morgan fingerprint density at radius 1 is 1.47 bits per heavy atom. The SMILES string of the molecule is Cc1cc(Cl)ccc1C(=O)NC(C)(C)C(C)O. The van der Waals surface area contributed by atoms with E-state index in [4.69, 9.17) is 11.6 Å². The van der Waals surface area contributed by atoms with Gasteiger partial charge in [-0.3, -0.25) is 4.79 Å². The monoisotopic (exact) mass is 255 g/mol. The second-order valence-corrected chi connectivity index (χ2v) is 5.25. The van der Waals surface area contributed by atoms with E-state index < -0.39 is 11.6 Å². The van der Waals surface area contributed by atoms with E-state index in [1.165, 1.54) is 0 Å². The number of hydrogen-bond donors (Lipinski definition) is 2. The Bertz CT molecular complexity index is 427. The highest BCUT2D eigenvalue weighted by atomic mass is 35.5. The van der Waals surface area contributed by atoms with Crippen LogP contribution < -0.4 is 5.32 Å². The van der Waals surface area contributed by atoms with Gasteiger partial charge in [0.15, 0.2) is 0 Å². The third-order valence-electron chi connectivity index (χ3n) is 2.91. The lowest BCUT2D eigenvalue weighted by Crippen LogP contribution is -2.51. The topological polar surface area (TPSA) is 49.3 Å². The zero-order chi connectivity index (χ0) is 13.2. The Kier molecular flexibility index (Phi) is 4.17. The van der Waals surface area contributed by atoms with Gasteiger partial charge in [-0.25, -0.2) is 0 Å². The van der Waals surface area contributed by atoms with E-state index in [1.807, 2.05) is 6.92 Å². The first kappa shape index (κ1) is 14.0. The minimum Gasteiger partial charge on any atom is -0.391 e. The maximum absolute atomic E-state index is 12.0. The van der Waals surface area contributed by atoms with Crippen LogP contribution in [0.2, 0.25) is 5.02 Å². The molecule has 1 aromatic rings. The molecular weight excluding hydrogens is 238 g/mol. The van der Waals surface area contributed by atoms with Gasteiger partial charge in [0, 0.05) is 10.6 Å². The Hall–Kier alpha value is -1.06. The van der Waals surface area contributed by atoms with Crippen molar-refractivity contribution in [2.45, 2.75) is 39.3 Å². The summed E-state index contributed by atoms with van der Waals surface area (Å²) in [4.78, 5) is 12.0. The zero-order valence-electron chi connectivity index (χ0n) is 10.5. The average Bonchev–Trinajstić information content (AvgIpc) is 2.15. The highest BCUT2D eigenvalue weighted by Gasteiger charge is 2.26. The van der Waals surface area contributed by atoms with Gasteiger partial charge in [-0.2, -0.15) is 0 Å². The van der Waals surface area contributed by atoms with Crippen LogP contribution in [0.5, 0.6) is 0 Å². The lowest BCUT2D eigenvalue weighted by atomic mass is 9.97. The van der Waals surface area contributed by atoms with E-state index >= 15 is 0 Å². The van der Waals surface area contributed by atoms with E-state index in [9.17, 15) is 9.90 Å². The van der Waals surface area contributed by atoms with Crippen LogP contribution >= 0.6 is 11.6 Å². The number of amides is 1. The summed E-state index contributed by atoms with van der Waals surface area (Å²) in [6.45, 7) is 7.03. The fourth-order valence-electron chi connectivity index (χ4n) is 1.35. The van der Waals surface area contributed by atoms with Gasteiger partial charge in [-0.15, -0.1) is 0 Å². The Balaban J connectivity index is 2.91. The standard InChI is InChI=1S/C13H18ClNO2/c1-8-7-10(14)5-6-11(8)12(17)15-13(3,4)9(2)16/h5-7,9,16H,1-4H3,(H,15,17). The van der Waals surface area contributed by atoms with Crippen molar-refractivity contribution in [3.63, 3.8) is 0 Å². The van der Waals surface area contributed by atoms with Crippen LogP contribution in [0.4, 0.5) is 0 Å². The van der Waals surface area contributed by atoms with Crippen LogP contribution in [0, 0.1) is 6.92 Å². The third-order valence-corrected chi connectivity index (χ3v) is 3.15. The molecule has 0 bridgehead atoms. The Labute approximate surface area is 107 Å². The van der Waals surface area contributed by atoms with E-state index in [0.29, 0.717) is 10.6 Å². The first-order valence-corrected chi connectivity index (χ1v) is 5.88. The molecule has 0 aliphatic rings. The first-order chi connectivity index (χ1) is 7.74. The highest BCUT2D eigenvalue weighted by Crippen LogP contribution is 2.17. The lowest BCUT2D eigenvalue weighted by Gasteiger charge is -2.29. The molecule has 0 heterocycles. The maximum Gasteiger partial charge on any atom is 0.252 e. The van der Waals surface area contributed by atoms with Crippen LogP contribution in [0.3, 0.4) is 0 Å². The molecule has 0 saturated heterocycles. The number of aliphatic hydroxyl groups is 1. The predicted molar refractivity (Wildman–Crippen MR) is 69.4 cm³/mol. The van der Waals surface area contributed by atoms with Crippen LogP contribution in [0.1, 0.15) is 36.7 Å². The van der Waals surface area contributed by atoms with E-state index in [1.54, 1.807) is 39.0 Å². The number of nitrogens with one attached hydrogen (secondary N) is 1. The van der Waals surface area contributed by atoms with Crippen molar-refractivity contribution in [2.24, 2.45) is 0 Å². The summed E-state index contributed by atoms with van der Waals surface area (Å²) in [6, 6.07) is 5.11. The minimum atomic E-state index is -0.664. The molecule has 1 amide bonds. The average molecular weight is 256 g/mol. The van der Waals surface area contributed by atoms with Crippen LogP contribution in [0.15, 0.2) is 18.2 Å². The molecule has 17 heavy (non-hydrogen) atoms. The molecule has 2 N–H and O–H groups in total. The largest absolute Gasteiger partial charge is 0.391 e. The van der Waals surface area contributed by atoms with Gasteiger partial charge in [-0.1, -0.05) is 11.6 Å².